The molecule has 1 nitrogen and oxygen atoms in total. The summed E-state index contributed by atoms with van der Waals surface area (Å²) in [6, 6.07) is 8.48. The second-order valence-electron chi connectivity index (χ2n) is 5.47. The maximum atomic E-state index is 5.75. The smallest absolute Gasteiger partial charge is 0.119 e. The first-order valence-electron chi connectivity index (χ1n) is 6.19. The second kappa shape index (κ2) is 5.38. The zero-order valence-electron chi connectivity index (χ0n) is 11.2. The molecule has 0 aliphatic carbocycles. The fraction of sp³-hybridized carbons (Fsp3) is 0.600. The van der Waals surface area contributed by atoms with Gasteiger partial charge in [-0.25, -0.2) is 0 Å². The van der Waals surface area contributed by atoms with E-state index >= 15 is 0 Å². The quantitative estimate of drug-likeness (QED) is 0.714. The van der Waals surface area contributed by atoms with E-state index in [4.69, 9.17) is 4.74 Å². The van der Waals surface area contributed by atoms with Gasteiger partial charge in [-0.15, -0.1) is 0 Å². The summed E-state index contributed by atoms with van der Waals surface area (Å²) in [6.07, 6.45) is 1.14. The lowest BCUT2D eigenvalue weighted by atomic mass is 9.82. The molecule has 0 spiro atoms. The minimum absolute atomic E-state index is 0.233. The molecule has 0 saturated carbocycles. The molecule has 0 amide bonds. The third-order valence-corrected chi connectivity index (χ3v) is 3.08. The molecule has 16 heavy (non-hydrogen) atoms. The van der Waals surface area contributed by atoms with E-state index in [-0.39, 0.29) is 5.41 Å². The van der Waals surface area contributed by atoms with Gasteiger partial charge in [-0.1, -0.05) is 46.8 Å². The Morgan fingerprint density at radius 3 is 2.50 bits per heavy atom. The average Bonchev–Trinajstić information content (AvgIpc) is 2.27. The van der Waals surface area contributed by atoms with Gasteiger partial charge in [-0.2, -0.15) is 0 Å². The highest BCUT2D eigenvalue weighted by Crippen LogP contribution is 2.29. The standard InChI is InChI=1S/C15H24O/c1-6-15(4,5)13-8-7-9-14(10-13)16-11-12(2)3/h7-10,12H,6,11H2,1-5H3. The van der Waals surface area contributed by atoms with Crippen LogP contribution in [0, 0.1) is 5.92 Å². The molecule has 0 saturated heterocycles. The molecular weight excluding hydrogens is 196 g/mol. The highest BCUT2D eigenvalue weighted by atomic mass is 16.5. The van der Waals surface area contributed by atoms with Crippen molar-refractivity contribution < 1.29 is 4.74 Å². The van der Waals surface area contributed by atoms with Crippen LogP contribution in [0.25, 0.3) is 0 Å². The molecule has 0 heterocycles. The van der Waals surface area contributed by atoms with Gasteiger partial charge in [0.05, 0.1) is 6.61 Å². The minimum atomic E-state index is 0.233. The van der Waals surface area contributed by atoms with E-state index in [1.165, 1.54) is 5.56 Å². The molecule has 0 unspecified atom stereocenters. The van der Waals surface area contributed by atoms with E-state index in [9.17, 15) is 0 Å². The lowest BCUT2D eigenvalue weighted by molar-refractivity contribution is 0.270. The lowest BCUT2D eigenvalue weighted by Gasteiger charge is -2.24. The summed E-state index contributed by atoms with van der Waals surface area (Å²) in [4.78, 5) is 0. The first kappa shape index (κ1) is 13.1. The van der Waals surface area contributed by atoms with E-state index < -0.39 is 0 Å². The minimum Gasteiger partial charge on any atom is -0.493 e. The van der Waals surface area contributed by atoms with Gasteiger partial charge in [0.2, 0.25) is 0 Å². The van der Waals surface area contributed by atoms with Crippen molar-refractivity contribution in [3.8, 4) is 5.75 Å². The van der Waals surface area contributed by atoms with E-state index in [2.05, 4.69) is 52.8 Å². The molecule has 0 bridgehead atoms. The molecule has 0 atom stereocenters. The third kappa shape index (κ3) is 3.55. The first-order chi connectivity index (χ1) is 7.45. The van der Waals surface area contributed by atoms with Crippen molar-refractivity contribution >= 4 is 0 Å². The summed E-state index contributed by atoms with van der Waals surface area (Å²) in [5, 5.41) is 0. The lowest BCUT2D eigenvalue weighted by Crippen LogP contribution is -2.15. The Morgan fingerprint density at radius 2 is 1.94 bits per heavy atom. The summed E-state index contributed by atoms with van der Waals surface area (Å²) in [5.41, 5.74) is 1.59. The Balaban J connectivity index is 2.79. The van der Waals surface area contributed by atoms with Gasteiger partial charge in [0, 0.05) is 0 Å². The fourth-order valence-corrected chi connectivity index (χ4v) is 1.47. The average molecular weight is 220 g/mol. The molecule has 0 fully saturated rings. The fourth-order valence-electron chi connectivity index (χ4n) is 1.47. The Kier molecular flexibility index (Phi) is 4.40. The number of benzene rings is 1. The van der Waals surface area contributed by atoms with Crippen LogP contribution in [0.5, 0.6) is 5.75 Å². The van der Waals surface area contributed by atoms with E-state index in [0.717, 1.165) is 18.8 Å². The highest BCUT2D eigenvalue weighted by molar-refractivity contribution is 5.33. The van der Waals surface area contributed by atoms with Gasteiger partial charge < -0.3 is 4.74 Å². The number of rotatable bonds is 5. The van der Waals surface area contributed by atoms with Crippen molar-refractivity contribution in [2.75, 3.05) is 6.61 Å². The van der Waals surface area contributed by atoms with Crippen molar-refractivity contribution in [3.63, 3.8) is 0 Å². The Morgan fingerprint density at radius 1 is 1.25 bits per heavy atom. The van der Waals surface area contributed by atoms with Gasteiger partial charge in [-0.3, -0.25) is 0 Å². The van der Waals surface area contributed by atoms with Crippen molar-refractivity contribution in [2.45, 2.75) is 46.5 Å². The molecular formula is C15H24O. The summed E-state index contributed by atoms with van der Waals surface area (Å²) < 4.78 is 5.75. The van der Waals surface area contributed by atoms with E-state index in [0.29, 0.717) is 5.92 Å². The molecule has 0 aromatic heterocycles. The van der Waals surface area contributed by atoms with Gasteiger partial charge in [0.25, 0.3) is 0 Å². The Labute approximate surface area is 99.8 Å². The van der Waals surface area contributed by atoms with Crippen molar-refractivity contribution in [3.05, 3.63) is 29.8 Å². The molecule has 0 N–H and O–H groups in total. The molecule has 0 aliphatic heterocycles. The molecule has 90 valence electrons. The van der Waals surface area contributed by atoms with Gasteiger partial charge in [0.1, 0.15) is 5.75 Å². The van der Waals surface area contributed by atoms with Gasteiger partial charge in [0.15, 0.2) is 0 Å². The summed E-state index contributed by atoms with van der Waals surface area (Å²) in [6.45, 7) is 11.9. The normalized spacial score (nSPS) is 11.9. The van der Waals surface area contributed by atoms with E-state index in [1.807, 2.05) is 6.07 Å². The maximum absolute atomic E-state index is 5.75. The summed E-state index contributed by atoms with van der Waals surface area (Å²) in [7, 11) is 0. The summed E-state index contributed by atoms with van der Waals surface area (Å²) in [5.74, 6) is 1.57. The van der Waals surface area contributed by atoms with Gasteiger partial charge >= 0.3 is 0 Å². The van der Waals surface area contributed by atoms with Crippen LogP contribution in [0.4, 0.5) is 0 Å². The summed E-state index contributed by atoms with van der Waals surface area (Å²) >= 11 is 0. The Bertz CT molecular complexity index is 326. The van der Waals surface area contributed by atoms with Crippen molar-refractivity contribution in [2.24, 2.45) is 5.92 Å². The van der Waals surface area contributed by atoms with Crippen LogP contribution in [-0.4, -0.2) is 6.61 Å². The number of hydrogen-bond acceptors (Lipinski definition) is 1. The van der Waals surface area contributed by atoms with Crippen LogP contribution >= 0.6 is 0 Å². The monoisotopic (exact) mass is 220 g/mol. The Hall–Kier alpha value is -0.980. The predicted octanol–water partition coefficient (Wildman–Crippen LogP) is 4.41. The van der Waals surface area contributed by atoms with Crippen molar-refractivity contribution in [1.29, 1.82) is 0 Å². The van der Waals surface area contributed by atoms with Gasteiger partial charge in [-0.05, 0) is 35.4 Å². The van der Waals surface area contributed by atoms with Crippen LogP contribution in [0.1, 0.15) is 46.6 Å². The van der Waals surface area contributed by atoms with Crippen LogP contribution < -0.4 is 4.74 Å². The number of ether oxygens (including phenoxy) is 1. The maximum Gasteiger partial charge on any atom is 0.119 e. The molecule has 1 heteroatoms. The number of hydrogen-bond donors (Lipinski definition) is 0. The van der Waals surface area contributed by atoms with Crippen LogP contribution in [0.15, 0.2) is 24.3 Å². The first-order valence-corrected chi connectivity index (χ1v) is 6.19. The van der Waals surface area contributed by atoms with Crippen LogP contribution in [-0.2, 0) is 5.41 Å². The molecule has 1 aromatic carbocycles. The van der Waals surface area contributed by atoms with Crippen molar-refractivity contribution in [1.82, 2.24) is 0 Å². The van der Waals surface area contributed by atoms with Crippen LogP contribution in [0.3, 0.4) is 0 Å². The molecule has 0 aliphatic rings. The molecule has 0 radical (unpaired) electrons. The largest absolute Gasteiger partial charge is 0.493 e. The SMILES string of the molecule is CCC(C)(C)c1cccc(OCC(C)C)c1. The van der Waals surface area contributed by atoms with E-state index in [1.54, 1.807) is 0 Å². The molecule has 1 rings (SSSR count). The third-order valence-electron chi connectivity index (χ3n) is 3.08. The molecule has 1 aromatic rings. The predicted molar refractivity (Wildman–Crippen MR) is 70.1 cm³/mol. The zero-order valence-corrected chi connectivity index (χ0v) is 11.2. The zero-order chi connectivity index (χ0) is 12.2. The highest BCUT2D eigenvalue weighted by Gasteiger charge is 2.18. The van der Waals surface area contributed by atoms with Crippen LogP contribution in [0.2, 0.25) is 0 Å². The second-order valence-corrected chi connectivity index (χ2v) is 5.47. The topological polar surface area (TPSA) is 9.23 Å².